The molecular weight excluding hydrogens is 292 g/mol. The minimum atomic E-state index is -0.325. The molecule has 2 fully saturated rings. The number of nitrogens with one attached hydrogen (secondary N) is 1. The number of likely N-dealkylation sites (tertiary alicyclic amines) is 1. The highest BCUT2D eigenvalue weighted by atomic mass is 16.2. The Morgan fingerprint density at radius 1 is 1.09 bits per heavy atom. The fourth-order valence-electron chi connectivity index (χ4n) is 3.55. The van der Waals surface area contributed by atoms with Crippen molar-refractivity contribution in [2.24, 2.45) is 11.8 Å². The van der Waals surface area contributed by atoms with E-state index in [4.69, 9.17) is 0 Å². The minimum absolute atomic E-state index is 0.171. The van der Waals surface area contributed by atoms with Crippen LogP contribution in [-0.2, 0) is 14.4 Å². The van der Waals surface area contributed by atoms with Crippen LogP contribution in [0.1, 0.15) is 36.8 Å². The lowest BCUT2D eigenvalue weighted by Crippen LogP contribution is -2.38. The van der Waals surface area contributed by atoms with E-state index < -0.39 is 0 Å². The van der Waals surface area contributed by atoms with Gasteiger partial charge < -0.3 is 5.32 Å². The van der Waals surface area contributed by atoms with Crippen molar-refractivity contribution in [3.8, 4) is 0 Å². The van der Waals surface area contributed by atoms with Gasteiger partial charge in [-0.25, -0.2) is 0 Å². The quantitative estimate of drug-likeness (QED) is 0.871. The van der Waals surface area contributed by atoms with E-state index in [-0.39, 0.29) is 36.1 Å². The molecule has 122 valence electrons. The zero-order valence-corrected chi connectivity index (χ0v) is 13.6. The average Bonchev–Trinajstić information content (AvgIpc) is 2.76. The fraction of sp³-hybridized carbons (Fsp3) is 0.500. The lowest BCUT2D eigenvalue weighted by molar-refractivity contribution is -0.142. The molecule has 3 rings (SSSR count). The summed E-state index contributed by atoms with van der Waals surface area (Å²) >= 11 is 0. The van der Waals surface area contributed by atoms with Crippen LogP contribution < -0.4 is 5.32 Å². The van der Waals surface area contributed by atoms with Gasteiger partial charge in [-0.1, -0.05) is 18.9 Å². The minimum Gasteiger partial charge on any atom is -0.325 e. The summed E-state index contributed by atoms with van der Waals surface area (Å²) in [6, 6.07) is 5.65. The molecule has 1 aromatic rings. The Labute approximate surface area is 136 Å². The van der Waals surface area contributed by atoms with E-state index in [0.29, 0.717) is 5.69 Å². The van der Waals surface area contributed by atoms with Gasteiger partial charge in [0.1, 0.15) is 6.54 Å². The lowest BCUT2D eigenvalue weighted by Gasteiger charge is -2.19. The van der Waals surface area contributed by atoms with Crippen molar-refractivity contribution in [2.45, 2.75) is 39.5 Å². The Morgan fingerprint density at radius 2 is 1.70 bits per heavy atom. The Morgan fingerprint density at radius 3 is 2.26 bits per heavy atom. The van der Waals surface area contributed by atoms with E-state index in [1.807, 2.05) is 32.0 Å². The summed E-state index contributed by atoms with van der Waals surface area (Å²) in [5.74, 6) is -1.07. The maximum Gasteiger partial charge on any atom is 0.244 e. The molecule has 2 atom stereocenters. The third-order valence-electron chi connectivity index (χ3n) is 5.02. The van der Waals surface area contributed by atoms with Crippen LogP contribution in [0.5, 0.6) is 0 Å². The normalized spacial score (nSPS) is 23.8. The summed E-state index contributed by atoms with van der Waals surface area (Å²) in [5.41, 5.74) is 2.92. The number of carbonyl (C=O) groups excluding carboxylic acids is 3. The standard InChI is InChI=1S/C18H22N2O3/c1-11-7-8-13(9-12(11)2)19-16(21)10-20-17(22)14-5-3-4-6-15(14)18(20)23/h7-9,14-15H,3-6,10H2,1-2H3,(H,19,21). The number of nitrogens with zero attached hydrogens (tertiary/aromatic N) is 1. The molecule has 5 heteroatoms. The fourth-order valence-corrected chi connectivity index (χ4v) is 3.55. The van der Waals surface area contributed by atoms with Crippen molar-refractivity contribution in [1.29, 1.82) is 0 Å². The van der Waals surface area contributed by atoms with Gasteiger partial charge >= 0.3 is 0 Å². The number of benzene rings is 1. The Bertz CT molecular complexity index is 644. The zero-order chi connectivity index (χ0) is 16.6. The first-order valence-corrected chi connectivity index (χ1v) is 8.19. The zero-order valence-electron chi connectivity index (χ0n) is 13.6. The molecule has 2 aliphatic rings. The molecule has 1 aliphatic carbocycles. The molecule has 1 saturated carbocycles. The summed E-state index contributed by atoms with van der Waals surface area (Å²) < 4.78 is 0. The van der Waals surface area contributed by atoms with E-state index in [9.17, 15) is 14.4 Å². The van der Waals surface area contributed by atoms with E-state index in [1.54, 1.807) is 0 Å². The van der Waals surface area contributed by atoms with Gasteiger partial charge in [-0.3, -0.25) is 19.3 Å². The molecule has 1 heterocycles. The summed E-state index contributed by atoms with van der Waals surface area (Å²) in [5, 5.41) is 2.77. The van der Waals surface area contributed by atoms with Gasteiger partial charge in [-0.05, 0) is 49.9 Å². The van der Waals surface area contributed by atoms with E-state index >= 15 is 0 Å². The summed E-state index contributed by atoms with van der Waals surface area (Å²) in [4.78, 5) is 38.1. The van der Waals surface area contributed by atoms with Gasteiger partial charge in [0.2, 0.25) is 17.7 Å². The van der Waals surface area contributed by atoms with Crippen LogP contribution in [0.2, 0.25) is 0 Å². The number of hydrogen-bond donors (Lipinski definition) is 1. The van der Waals surface area contributed by atoms with Gasteiger partial charge in [-0.2, -0.15) is 0 Å². The van der Waals surface area contributed by atoms with Crippen LogP contribution in [0, 0.1) is 25.7 Å². The van der Waals surface area contributed by atoms with Crippen molar-refractivity contribution in [3.05, 3.63) is 29.3 Å². The third kappa shape index (κ3) is 3.00. The van der Waals surface area contributed by atoms with Gasteiger partial charge in [-0.15, -0.1) is 0 Å². The van der Waals surface area contributed by atoms with Crippen molar-refractivity contribution in [1.82, 2.24) is 4.90 Å². The molecule has 23 heavy (non-hydrogen) atoms. The second kappa shape index (κ2) is 6.14. The number of imide groups is 1. The predicted molar refractivity (Wildman–Crippen MR) is 86.7 cm³/mol. The number of rotatable bonds is 3. The third-order valence-corrected chi connectivity index (χ3v) is 5.02. The second-order valence-electron chi connectivity index (χ2n) is 6.61. The molecule has 1 saturated heterocycles. The number of aryl methyl sites for hydroxylation is 2. The van der Waals surface area contributed by atoms with Crippen molar-refractivity contribution >= 4 is 23.4 Å². The van der Waals surface area contributed by atoms with Crippen molar-refractivity contribution in [3.63, 3.8) is 0 Å². The predicted octanol–water partition coefficient (Wildman–Crippen LogP) is 2.42. The number of hydrogen-bond acceptors (Lipinski definition) is 3. The molecule has 2 unspecified atom stereocenters. The molecule has 1 aromatic carbocycles. The van der Waals surface area contributed by atoms with Crippen molar-refractivity contribution in [2.75, 3.05) is 11.9 Å². The van der Waals surface area contributed by atoms with Gasteiger partial charge in [0.25, 0.3) is 0 Å². The molecule has 0 radical (unpaired) electrons. The second-order valence-corrected chi connectivity index (χ2v) is 6.61. The Balaban J connectivity index is 1.66. The lowest BCUT2D eigenvalue weighted by atomic mass is 9.81. The SMILES string of the molecule is Cc1ccc(NC(=O)CN2C(=O)C3CCCCC3C2=O)cc1C. The highest BCUT2D eigenvalue weighted by Crippen LogP contribution is 2.37. The first-order chi connectivity index (χ1) is 11.0. The molecule has 0 spiro atoms. The first kappa shape index (κ1) is 15.7. The summed E-state index contributed by atoms with van der Waals surface area (Å²) in [6.07, 6.45) is 3.51. The Kier molecular flexibility index (Phi) is 4.20. The van der Waals surface area contributed by atoms with Crippen LogP contribution in [0.4, 0.5) is 5.69 Å². The number of amides is 3. The molecule has 0 aromatic heterocycles. The molecule has 1 N–H and O–H groups in total. The van der Waals surface area contributed by atoms with Gasteiger partial charge in [0, 0.05) is 5.69 Å². The largest absolute Gasteiger partial charge is 0.325 e. The van der Waals surface area contributed by atoms with Gasteiger partial charge in [0.15, 0.2) is 0 Å². The highest BCUT2D eigenvalue weighted by molar-refractivity contribution is 6.08. The van der Waals surface area contributed by atoms with Crippen LogP contribution in [0.25, 0.3) is 0 Å². The van der Waals surface area contributed by atoms with Gasteiger partial charge in [0.05, 0.1) is 11.8 Å². The topological polar surface area (TPSA) is 66.5 Å². The number of carbonyl (C=O) groups is 3. The highest BCUT2D eigenvalue weighted by Gasteiger charge is 2.48. The molecule has 1 aliphatic heterocycles. The number of anilines is 1. The van der Waals surface area contributed by atoms with Crippen LogP contribution in [0.15, 0.2) is 18.2 Å². The average molecular weight is 314 g/mol. The molecule has 3 amide bonds. The molecule has 0 bridgehead atoms. The van der Waals surface area contributed by atoms with E-state index in [1.165, 1.54) is 0 Å². The first-order valence-electron chi connectivity index (χ1n) is 8.19. The van der Waals surface area contributed by atoms with Crippen molar-refractivity contribution < 1.29 is 14.4 Å². The molecule has 5 nitrogen and oxygen atoms in total. The number of fused-ring (bicyclic) bond motifs is 1. The molecular formula is C18H22N2O3. The Hall–Kier alpha value is -2.17. The van der Waals surface area contributed by atoms with E-state index in [0.717, 1.165) is 41.7 Å². The monoisotopic (exact) mass is 314 g/mol. The van der Waals surface area contributed by atoms with Crippen LogP contribution >= 0.6 is 0 Å². The van der Waals surface area contributed by atoms with E-state index in [2.05, 4.69) is 5.32 Å². The summed E-state index contributed by atoms with van der Waals surface area (Å²) in [7, 11) is 0. The van der Waals surface area contributed by atoms with Crippen LogP contribution in [0.3, 0.4) is 0 Å². The summed E-state index contributed by atoms with van der Waals surface area (Å²) in [6.45, 7) is 3.80. The van der Waals surface area contributed by atoms with Crippen LogP contribution in [-0.4, -0.2) is 29.2 Å². The maximum absolute atomic E-state index is 12.4. The maximum atomic E-state index is 12.4. The smallest absolute Gasteiger partial charge is 0.244 e.